The van der Waals surface area contributed by atoms with Gasteiger partial charge in [-0.15, -0.1) is 0 Å². The molecule has 3 nitrogen and oxygen atoms in total. The van der Waals surface area contributed by atoms with E-state index in [-0.39, 0.29) is 11.7 Å². The second kappa shape index (κ2) is 5.17. The lowest BCUT2D eigenvalue weighted by atomic mass is 9.98. The van der Waals surface area contributed by atoms with E-state index in [1.807, 2.05) is 0 Å². The van der Waals surface area contributed by atoms with Gasteiger partial charge in [0.1, 0.15) is 11.9 Å². The Morgan fingerprint density at radius 3 is 2.71 bits per heavy atom. The van der Waals surface area contributed by atoms with Gasteiger partial charge in [-0.05, 0) is 43.9 Å². The van der Waals surface area contributed by atoms with Gasteiger partial charge in [0.2, 0.25) is 0 Å². The maximum Gasteiger partial charge on any atom is 0.341 e. The van der Waals surface area contributed by atoms with Gasteiger partial charge in [0.05, 0.1) is 5.56 Å². The van der Waals surface area contributed by atoms with Crippen molar-refractivity contribution in [1.29, 1.82) is 0 Å². The number of hydrogen-bond acceptors (Lipinski definition) is 3. The SMILES string of the molecule is Nc1ccc(F)c(C(=O)OC2CCCCC2)c1. The smallest absolute Gasteiger partial charge is 0.341 e. The second-order valence-corrected chi connectivity index (χ2v) is 4.40. The van der Waals surface area contributed by atoms with E-state index in [1.165, 1.54) is 24.6 Å². The van der Waals surface area contributed by atoms with Crippen LogP contribution < -0.4 is 5.73 Å². The molecule has 1 fully saturated rings. The average Bonchev–Trinajstić information content (AvgIpc) is 2.33. The lowest BCUT2D eigenvalue weighted by molar-refractivity contribution is 0.0206. The van der Waals surface area contributed by atoms with Gasteiger partial charge in [-0.25, -0.2) is 9.18 Å². The molecule has 92 valence electrons. The van der Waals surface area contributed by atoms with Crippen LogP contribution in [0, 0.1) is 5.82 Å². The van der Waals surface area contributed by atoms with Crippen molar-refractivity contribution >= 4 is 11.7 Å². The Labute approximate surface area is 99.8 Å². The second-order valence-electron chi connectivity index (χ2n) is 4.40. The van der Waals surface area contributed by atoms with Crippen LogP contribution in [0.25, 0.3) is 0 Å². The van der Waals surface area contributed by atoms with E-state index < -0.39 is 11.8 Å². The minimum absolute atomic E-state index is 0.0721. The standard InChI is InChI=1S/C13H16FNO2/c14-12-7-6-9(15)8-11(12)13(16)17-10-4-2-1-3-5-10/h6-8,10H,1-5,15H2. The molecule has 1 aromatic carbocycles. The minimum atomic E-state index is -0.610. The topological polar surface area (TPSA) is 52.3 Å². The van der Waals surface area contributed by atoms with Crippen molar-refractivity contribution in [1.82, 2.24) is 0 Å². The highest BCUT2D eigenvalue weighted by molar-refractivity contribution is 5.90. The first kappa shape index (κ1) is 11.9. The normalized spacial score (nSPS) is 16.8. The first-order chi connectivity index (χ1) is 8.16. The summed E-state index contributed by atoms with van der Waals surface area (Å²) in [6, 6.07) is 3.93. The Morgan fingerprint density at radius 2 is 2.00 bits per heavy atom. The number of carbonyl (C=O) groups is 1. The molecule has 0 atom stereocenters. The lowest BCUT2D eigenvalue weighted by Gasteiger charge is -2.21. The zero-order chi connectivity index (χ0) is 12.3. The number of halogens is 1. The van der Waals surface area contributed by atoms with Crippen molar-refractivity contribution in [2.75, 3.05) is 5.73 Å². The van der Waals surface area contributed by atoms with E-state index in [4.69, 9.17) is 10.5 Å². The highest BCUT2D eigenvalue weighted by Crippen LogP contribution is 2.22. The predicted molar refractivity (Wildman–Crippen MR) is 63.1 cm³/mol. The molecule has 0 spiro atoms. The average molecular weight is 237 g/mol. The van der Waals surface area contributed by atoms with Crippen LogP contribution in [-0.4, -0.2) is 12.1 Å². The third-order valence-electron chi connectivity index (χ3n) is 3.04. The van der Waals surface area contributed by atoms with E-state index in [2.05, 4.69) is 0 Å². The van der Waals surface area contributed by atoms with Gasteiger partial charge < -0.3 is 10.5 Å². The highest BCUT2D eigenvalue weighted by Gasteiger charge is 2.20. The molecule has 0 aliphatic heterocycles. The number of carbonyl (C=O) groups excluding carboxylic acids is 1. The van der Waals surface area contributed by atoms with E-state index in [0.29, 0.717) is 5.69 Å². The largest absolute Gasteiger partial charge is 0.459 e. The van der Waals surface area contributed by atoms with E-state index >= 15 is 0 Å². The molecule has 17 heavy (non-hydrogen) atoms. The monoisotopic (exact) mass is 237 g/mol. The van der Waals surface area contributed by atoms with Crippen LogP contribution in [0.1, 0.15) is 42.5 Å². The first-order valence-electron chi connectivity index (χ1n) is 5.93. The van der Waals surface area contributed by atoms with Crippen molar-refractivity contribution in [3.63, 3.8) is 0 Å². The Kier molecular flexibility index (Phi) is 3.61. The number of ether oxygens (including phenoxy) is 1. The fourth-order valence-corrected chi connectivity index (χ4v) is 2.10. The minimum Gasteiger partial charge on any atom is -0.459 e. The molecule has 1 aromatic rings. The van der Waals surface area contributed by atoms with Gasteiger partial charge in [0.15, 0.2) is 0 Å². The first-order valence-corrected chi connectivity index (χ1v) is 5.93. The van der Waals surface area contributed by atoms with Gasteiger partial charge in [0.25, 0.3) is 0 Å². The summed E-state index contributed by atoms with van der Waals surface area (Å²) < 4.78 is 18.7. The van der Waals surface area contributed by atoms with Crippen LogP contribution in [-0.2, 0) is 4.74 Å². The molecule has 1 aliphatic rings. The Hall–Kier alpha value is -1.58. The van der Waals surface area contributed by atoms with Gasteiger partial charge in [-0.3, -0.25) is 0 Å². The fourth-order valence-electron chi connectivity index (χ4n) is 2.10. The predicted octanol–water partition coefficient (Wildman–Crippen LogP) is 2.90. The zero-order valence-corrected chi connectivity index (χ0v) is 9.62. The van der Waals surface area contributed by atoms with Gasteiger partial charge in [0, 0.05) is 5.69 Å². The van der Waals surface area contributed by atoms with Gasteiger partial charge in [-0.2, -0.15) is 0 Å². The van der Waals surface area contributed by atoms with Crippen LogP contribution in [0.2, 0.25) is 0 Å². The molecule has 0 aromatic heterocycles. The van der Waals surface area contributed by atoms with E-state index in [9.17, 15) is 9.18 Å². The molecular weight excluding hydrogens is 221 g/mol. The molecule has 0 unspecified atom stereocenters. The third-order valence-corrected chi connectivity index (χ3v) is 3.04. The molecule has 0 amide bonds. The number of anilines is 1. The van der Waals surface area contributed by atoms with Crippen molar-refractivity contribution in [3.8, 4) is 0 Å². The molecule has 2 rings (SSSR count). The number of hydrogen-bond donors (Lipinski definition) is 1. The molecule has 4 heteroatoms. The molecule has 1 saturated carbocycles. The summed E-state index contributed by atoms with van der Waals surface area (Å²) in [6.07, 6.45) is 4.98. The number of nitrogen functional groups attached to an aromatic ring is 1. The summed E-state index contributed by atoms with van der Waals surface area (Å²) in [5.74, 6) is -1.19. The summed E-state index contributed by atoms with van der Waals surface area (Å²) in [7, 11) is 0. The van der Waals surface area contributed by atoms with E-state index in [0.717, 1.165) is 25.7 Å². The van der Waals surface area contributed by atoms with Crippen LogP contribution in [0.5, 0.6) is 0 Å². The lowest BCUT2D eigenvalue weighted by Crippen LogP contribution is -2.21. The molecular formula is C13H16FNO2. The maximum absolute atomic E-state index is 13.4. The van der Waals surface area contributed by atoms with Crippen LogP contribution >= 0.6 is 0 Å². The van der Waals surface area contributed by atoms with Gasteiger partial charge in [-0.1, -0.05) is 6.42 Å². The quantitative estimate of drug-likeness (QED) is 0.635. The highest BCUT2D eigenvalue weighted by atomic mass is 19.1. The van der Waals surface area contributed by atoms with Crippen LogP contribution in [0.3, 0.4) is 0 Å². The molecule has 0 heterocycles. The number of esters is 1. The van der Waals surface area contributed by atoms with Crippen molar-refractivity contribution in [3.05, 3.63) is 29.6 Å². The molecule has 0 bridgehead atoms. The third kappa shape index (κ3) is 2.96. The Balaban J connectivity index is 2.05. The molecule has 1 aliphatic carbocycles. The summed E-state index contributed by atoms with van der Waals surface area (Å²) in [6.45, 7) is 0. The van der Waals surface area contributed by atoms with E-state index in [1.54, 1.807) is 0 Å². The van der Waals surface area contributed by atoms with Crippen molar-refractivity contribution in [2.45, 2.75) is 38.2 Å². The number of benzene rings is 1. The summed E-state index contributed by atoms with van der Waals surface area (Å²) in [4.78, 5) is 11.8. The fraction of sp³-hybridized carbons (Fsp3) is 0.462. The van der Waals surface area contributed by atoms with Crippen molar-refractivity contribution in [2.24, 2.45) is 0 Å². The zero-order valence-electron chi connectivity index (χ0n) is 9.62. The maximum atomic E-state index is 13.4. The number of nitrogens with two attached hydrogens (primary N) is 1. The van der Waals surface area contributed by atoms with Crippen LogP contribution in [0.15, 0.2) is 18.2 Å². The van der Waals surface area contributed by atoms with Crippen LogP contribution in [0.4, 0.5) is 10.1 Å². The summed E-state index contributed by atoms with van der Waals surface area (Å²) >= 11 is 0. The summed E-state index contributed by atoms with van der Waals surface area (Å²) in [5.41, 5.74) is 5.81. The molecule has 0 radical (unpaired) electrons. The van der Waals surface area contributed by atoms with Crippen molar-refractivity contribution < 1.29 is 13.9 Å². The molecule has 2 N–H and O–H groups in total. The summed E-state index contributed by atoms with van der Waals surface area (Å²) in [5, 5.41) is 0. The van der Waals surface area contributed by atoms with Gasteiger partial charge >= 0.3 is 5.97 Å². The Bertz CT molecular complexity index is 414. The Morgan fingerprint density at radius 1 is 1.29 bits per heavy atom. The number of rotatable bonds is 2. The molecule has 0 saturated heterocycles.